The van der Waals surface area contributed by atoms with E-state index in [2.05, 4.69) is 0 Å². The number of nitro groups is 1. The number of rotatable bonds is 5. The Hall–Kier alpha value is -2.27. The zero-order chi connectivity index (χ0) is 14.5. The first-order valence-electron chi connectivity index (χ1n) is 6.15. The van der Waals surface area contributed by atoms with Crippen molar-refractivity contribution >= 4 is 28.9 Å². The van der Waals surface area contributed by atoms with Crippen LogP contribution in [0.5, 0.6) is 0 Å². The maximum absolute atomic E-state index is 11.9. The van der Waals surface area contributed by atoms with Gasteiger partial charge in [0.15, 0.2) is 5.78 Å². The fourth-order valence-corrected chi connectivity index (χ4v) is 2.53. The van der Waals surface area contributed by atoms with Crippen LogP contribution < -0.4 is 0 Å². The average molecular weight is 287 g/mol. The van der Waals surface area contributed by atoms with Crippen LogP contribution in [0.3, 0.4) is 0 Å². The molecule has 0 spiro atoms. The van der Waals surface area contributed by atoms with Gasteiger partial charge in [0, 0.05) is 17.0 Å². The fourth-order valence-electron chi connectivity index (χ4n) is 1.66. The first kappa shape index (κ1) is 14.1. The average Bonchev–Trinajstić information content (AvgIpc) is 2.94. The maximum atomic E-state index is 11.9. The van der Waals surface area contributed by atoms with E-state index >= 15 is 0 Å². The molecule has 0 bridgehead atoms. The molecule has 0 N–H and O–H groups in total. The highest BCUT2D eigenvalue weighted by atomic mass is 32.1. The molecule has 0 aliphatic rings. The number of carbonyl (C=O) groups excluding carboxylic acids is 1. The van der Waals surface area contributed by atoms with E-state index < -0.39 is 4.92 Å². The number of nitrogens with zero attached hydrogens (tertiary/aromatic N) is 1. The first-order chi connectivity index (χ1) is 9.60. The lowest BCUT2D eigenvalue weighted by Gasteiger charge is -1.93. The quantitative estimate of drug-likeness (QED) is 0.360. The van der Waals surface area contributed by atoms with Crippen molar-refractivity contribution in [2.24, 2.45) is 0 Å². The summed E-state index contributed by atoms with van der Waals surface area (Å²) in [5.41, 5.74) is 0.801. The number of ketones is 1. The summed E-state index contributed by atoms with van der Waals surface area (Å²) in [5, 5.41) is 10.5. The van der Waals surface area contributed by atoms with Crippen LogP contribution in [0.1, 0.15) is 27.0 Å². The molecule has 0 atom stereocenters. The maximum Gasteiger partial charge on any atom is 0.269 e. The summed E-state index contributed by atoms with van der Waals surface area (Å²) < 4.78 is 0. The molecule has 4 nitrogen and oxygen atoms in total. The van der Waals surface area contributed by atoms with Gasteiger partial charge in [0.2, 0.25) is 0 Å². The summed E-state index contributed by atoms with van der Waals surface area (Å²) >= 11 is 1.49. The van der Waals surface area contributed by atoms with Crippen LogP contribution in [0.25, 0.3) is 6.08 Å². The third-order valence-corrected chi connectivity index (χ3v) is 4.03. The van der Waals surface area contributed by atoms with Crippen molar-refractivity contribution < 1.29 is 9.72 Å². The molecule has 2 rings (SSSR count). The van der Waals surface area contributed by atoms with E-state index in [1.165, 1.54) is 34.4 Å². The van der Waals surface area contributed by atoms with Gasteiger partial charge in [-0.25, -0.2) is 0 Å². The predicted molar refractivity (Wildman–Crippen MR) is 80.2 cm³/mol. The number of non-ortho nitro benzene ring substituents is 1. The van der Waals surface area contributed by atoms with Gasteiger partial charge in [-0.2, -0.15) is 0 Å². The van der Waals surface area contributed by atoms with Gasteiger partial charge in [-0.15, -0.1) is 11.3 Å². The van der Waals surface area contributed by atoms with Crippen LogP contribution in [0.2, 0.25) is 0 Å². The molecule has 0 saturated heterocycles. The number of thiophene rings is 1. The van der Waals surface area contributed by atoms with Gasteiger partial charge in [-0.05, 0) is 42.3 Å². The Morgan fingerprint density at radius 2 is 1.95 bits per heavy atom. The molecule has 0 fully saturated rings. The van der Waals surface area contributed by atoms with E-state index in [0.29, 0.717) is 4.88 Å². The minimum Gasteiger partial charge on any atom is -0.288 e. The number of aryl methyl sites for hydroxylation is 1. The summed E-state index contributed by atoms with van der Waals surface area (Å²) in [6, 6.07) is 9.86. The second-order valence-corrected chi connectivity index (χ2v) is 5.33. The minimum absolute atomic E-state index is 0.0410. The monoisotopic (exact) mass is 287 g/mol. The summed E-state index contributed by atoms with van der Waals surface area (Å²) in [4.78, 5) is 23.9. The lowest BCUT2D eigenvalue weighted by molar-refractivity contribution is -0.384. The number of carbonyl (C=O) groups is 1. The lowest BCUT2D eigenvalue weighted by Crippen LogP contribution is -1.89. The highest BCUT2D eigenvalue weighted by Gasteiger charge is 2.06. The second-order valence-electron chi connectivity index (χ2n) is 4.17. The molecule has 1 aromatic carbocycles. The zero-order valence-corrected chi connectivity index (χ0v) is 11.7. The highest BCUT2D eigenvalue weighted by molar-refractivity contribution is 7.14. The van der Waals surface area contributed by atoms with Gasteiger partial charge in [-0.1, -0.05) is 13.0 Å². The standard InChI is InChI=1S/C15H13NO3S/c1-2-13-8-10-15(20-13)14(17)9-5-11-3-6-12(7-4-11)16(18)19/h3-10H,2H2,1H3/b9-5+. The molecule has 102 valence electrons. The fraction of sp³-hybridized carbons (Fsp3) is 0.133. The van der Waals surface area contributed by atoms with Crippen LogP contribution >= 0.6 is 11.3 Å². The SMILES string of the molecule is CCc1ccc(C(=O)/C=C/c2ccc([N+](=O)[O-])cc2)s1. The molecular formula is C15H13NO3S. The van der Waals surface area contributed by atoms with Crippen LogP contribution in [0, 0.1) is 10.1 Å². The molecule has 0 saturated carbocycles. The Kier molecular flexibility index (Phi) is 4.42. The van der Waals surface area contributed by atoms with Crippen molar-refractivity contribution in [1.29, 1.82) is 0 Å². The Morgan fingerprint density at radius 1 is 1.25 bits per heavy atom. The highest BCUT2D eigenvalue weighted by Crippen LogP contribution is 2.18. The topological polar surface area (TPSA) is 60.2 Å². The predicted octanol–water partition coefficient (Wildman–Crippen LogP) is 4.11. The van der Waals surface area contributed by atoms with Gasteiger partial charge in [0.1, 0.15) is 0 Å². The molecule has 1 heterocycles. The van der Waals surface area contributed by atoms with E-state index in [9.17, 15) is 14.9 Å². The normalized spacial score (nSPS) is 10.8. The second kappa shape index (κ2) is 6.25. The van der Waals surface area contributed by atoms with E-state index in [4.69, 9.17) is 0 Å². The van der Waals surface area contributed by atoms with Crippen molar-refractivity contribution in [3.63, 3.8) is 0 Å². The number of hydrogen-bond donors (Lipinski definition) is 0. The molecular weight excluding hydrogens is 274 g/mol. The van der Waals surface area contributed by atoms with Crippen molar-refractivity contribution in [2.75, 3.05) is 0 Å². The first-order valence-corrected chi connectivity index (χ1v) is 6.97. The van der Waals surface area contributed by atoms with E-state index in [1.807, 2.05) is 19.1 Å². The van der Waals surface area contributed by atoms with Crippen molar-refractivity contribution in [1.82, 2.24) is 0 Å². The third kappa shape index (κ3) is 3.39. The largest absolute Gasteiger partial charge is 0.288 e. The van der Waals surface area contributed by atoms with Crippen molar-refractivity contribution in [3.05, 3.63) is 67.9 Å². The van der Waals surface area contributed by atoms with Gasteiger partial charge < -0.3 is 0 Å². The van der Waals surface area contributed by atoms with E-state index in [-0.39, 0.29) is 11.5 Å². The molecule has 20 heavy (non-hydrogen) atoms. The van der Waals surface area contributed by atoms with Crippen molar-refractivity contribution in [3.8, 4) is 0 Å². The number of allylic oxidation sites excluding steroid dienone is 1. The Balaban J connectivity index is 2.08. The van der Waals surface area contributed by atoms with E-state index in [1.54, 1.807) is 18.2 Å². The summed E-state index contributed by atoms with van der Waals surface area (Å²) in [6.07, 6.45) is 4.08. The Labute approximate surface area is 120 Å². The van der Waals surface area contributed by atoms with Crippen LogP contribution in [-0.2, 0) is 6.42 Å². The molecule has 1 aromatic heterocycles. The molecule has 2 aromatic rings. The van der Waals surface area contributed by atoms with Crippen LogP contribution in [-0.4, -0.2) is 10.7 Å². The zero-order valence-electron chi connectivity index (χ0n) is 10.9. The van der Waals surface area contributed by atoms with E-state index in [0.717, 1.165) is 12.0 Å². The van der Waals surface area contributed by atoms with Gasteiger partial charge in [-0.3, -0.25) is 14.9 Å². The molecule has 0 unspecified atom stereocenters. The van der Waals surface area contributed by atoms with Gasteiger partial charge in [0.25, 0.3) is 5.69 Å². The Morgan fingerprint density at radius 3 is 2.50 bits per heavy atom. The minimum atomic E-state index is -0.448. The summed E-state index contributed by atoms with van der Waals surface area (Å²) in [7, 11) is 0. The third-order valence-electron chi connectivity index (χ3n) is 2.78. The Bertz CT molecular complexity index is 656. The van der Waals surface area contributed by atoms with Crippen LogP contribution in [0.15, 0.2) is 42.5 Å². The molecule has 0 aliphatic heterocycles. The summed E-state index contributed by atoms with van der Waals surface area (Å²) in [5.74, 6) is -0.0481. The summed E-state index contributed by atoms with van der Waals surface area (Å²) in [6.45, 7) is 2.05. The smallest absolute Gasteiger partial charge is 0.269 e. The molecule has 0 aliphatic carbocycles. The lowest BCUT2D eigenvalue weighted by atomic mass is 10.1. The number of hydrogen-bond acceptors (Lipinski definition) is 4. The molecule has 0 amide bonds. The van der Waals surface area contributed by atoms with Crippen molar-refractivity contribution in [2.45, 2.75) is 13.3 Å². The van der Waals surface area contributed by atoms with Gasteiger partial charge in [0.05, 0.1) is 9.80 Å². The number of nitro benzene ring substituents is 1. The molecule has 5 heteroatoms. The van der Waals surface area contributed by atoms with Crippen LogP contribution in [0.4, 0.5) is 5.69 Å². The van der Waals surface area contributed by atoms with Gasteiger partial charge >= 0.3 is 0 Å². The molecule has 0 radical (unpaired) electrons. The number of benzene rings is 1.